The van der Waals surface area contributed by atoms with Crippen LogP contribution in [0.2, 0.25) is 10.0 Å². The fourth-order valence-electron chi connectivity index (χ4n) is 10.1. The molecule has 6 atom stereocenters. The average Bonchev–Trinajstić information content (AvgIpc) is 4.29. The lowest BCUT2D eigenvalue weighted by molar-refractivity contribution is -0.163. The molecular formula is C61H64Cl2F2N4O10. The van der Waals surface area contributed by atoms with Gasteiger partial charge in [-0.05, 0) is 135 Å². The van der Waals surface area contributed by atoms with Crippen molar-refractivity contribution in [2.45, 2.75) is 109 Å². The van der Waals surface area contributed by atoms with Crippen LogP contribution in [0.1, 0.15) is 87.7 Å². The van der Waals surface area contributed by atoms with Crippen molar-refractivity contribution in [1.29, 1.82) is 0 Å². The maximum atomic E-state index is 13.7. The number of nitrogens with one attached hydrogen (secondary N) is 2. The maximum absolute atomic E-state index is 13.7. The van der Waals surface area contributed by atoms with Crippen LogP contribution in [0.4, 0.5) is 8.78 Å². The van der Waals surface area contributed by atoms with Gasteiger partial charge in [0.1, 0.15) is 23.1 Å². The van der Waals surface area contributed by atoms with E-state index in [2.05, 4.69) is 10.6 Å². The molecule has 3 aliphatic rings. The number of ether oxygens (including phenoxy) is 4. The van der Waals surface area contributed by atoms with Crippen LogP contribution in [-0.2, 0) is 41.7 Å². The minimum atomic E-state index is -1.92. The molecule has 0 spiro atoms. The summed E-state index contributed by atoms with van der Waals surface area (Å²) in [4.78, 5) is 55.8. The van der Waals surface area contributed by atoms with Crippen LogP contribution < -0.4 is 20.1 Å². The number of hydrogen-bond acceptors (Lipinski definition) is 10. The van der Waals surface area contributed by atoms with Gasteiger partial charge in [-0.3, -0.25) is 19.2 Å². The van der Waals surface area contributed by atoms with Gasteiger partial charge in [0.2, 0.25) is 0 Å². The molecule has 3 heterocycles. The van der Waals surface area contributed by atoms with Crippen LogP contribution >= 0.6 is 23.2 Å². The molecule has 9 rings (SSSR count). The van der Waals surface area contributed by atoms with Gasteiger partial charge in [-0.1, -0.05) is 96.0 Å². The van der Waals surface area contributed by atoms with E-state index in [0.29, 0.717) is 54.3 Å². The van der Waals surface area contributed by atoms with E-state index < -0.39 is 47.9 Å². The van der Waals surface area contributed by atoms with E-state index in [0.717, 1.165) is 63.8 Å². The fourth-order valence-corrected chi connectivity index (χ4v) is 10.5. The topological polar surface area (TPSA) is 176 Å². The zero-order valence-corrected chi connectivity index (χ0v) is 45.8. The summed E-state index contributed by atoms with van der Waals surface area (Å²) >= 11 is 12.3. The monoisotopic (exact) mass is 1120 g/mol. The van der Waals surface area contributed by atoms with Gasteiger partial charge in [0.25, 0.3) is 23.6 Å². The van der Waals surface area contributed by atoms with Gasteiger partial charge in [-0.15, -0.1) is 0 Å². The van der Waals surface area contributed by atoms with Gasteiger partial charge in [-0.2, -0.15) is 0 Å². The van der Waals surface area contributed by atoms with E-state index >= 15 is 0 Å². The van der Waals surface area contributed by atoms with Crippen molar-refractivity contribution in [3.63, 3.8) is 0 Å². The van der Waals surface area contributed by atoms with Gasteiger partial charge in [-0.25, -0.2) is 8.78 Å². The number of likely N-dealkylation sites (tertiary alicyclic amines) is 2. The Morgan fingerprint density at radius 3 is 1.59 bits per heavy atom. The molecule has 3 aliphatic heterocycles. The first kappa shape index (κ1) is 58.2. The minimum absolute atomic E-state index is 0.0771. The van der Waals surface area contributed by atoms with Gasteiger partial charge in [0.15, 0.2) is 30.2 Å². The Morgan fingerprint density at radius 1 is 0.633 bits per heavy atom. The number of nitrogens with zero attached hydrogens (tertiary/aromatic N) is 2. The molecular weight excluding hydrogens is 1060 g/mol. The quantitative estimate of drug-likeness (QED) is 0.0688. The predicted molar refractivity (Wildman–Crippen MR) is 296 cm³/mol. The highest BCUT2D eigenvalue weighted by atomic mass is 35.5. The van der Waals surface area contributed by atoms with Crippen molar-refractivity contribution in [3.05, 3.63) is 177 Å². The zero-order chi connectivity index (χ0) is 56.4. The number of rotatable bonds is 17. The first-order valence-electron chi connectivity index (χ1n) is 26.4. The Hall–Kier alpha value is -6.92. The molecule has 3 fully saturated rings. The number of amides is 4. The number of aliphatic hydroxyl groups is 2. The SMILES string of the molecule is CCOc1cc(F)ccc1-c1ccc(CNC(=O)[C@@H]2OC(C)(C)O[C@H]2C(=O)N2CCC[C@@H]2c2cccc(Cl)c2)cc1.CCOc1cc(F)ccc1-c1ccc(CNC(=O)[C@H](O)[C@@H](O)C(=O)N2CCC[C@@H]2c2cccc(Cl)c2)cc1. The summed E-state index contributed by atoms with van der Waals surface area (Å²) in [6, 6.07) is 37.8. The van der Waals surface area contributed by atoms with E-state index in [1.54, 1.807) is 67.3 Å². The Kier molecular flexibility index (Phi) is 19.4. The van der Waals surface area contributed by atoms with E-state index in [4.69, 9.17) is 42.1 Å². The number of carbonyl (C=O) groups excluding carboxylic acids is 4. The maximum Gasteiger partial charge on any atom is 0.255 e. The van der Waals surface area contributed by atoms with E-state index in [9.17, 15) is 38.2 Å². The summed E-state index contributed by atoms with van der Waals surface area (Å²) in [5.41, 5.74) is 6.57. The van der Waals surface area contributed by atoms with Crippen LogP contribution in [-0.4, -0.2) is 100 Å². The summed E-state index contributed by atoms with van der Waals surface area (Å²) in [6.45, 7) is 9.17. The second kappa shape index (κ2) is 26.4. The van der Waals surface area contributed by atoms with Gasteiger partial charge in [0, 0.05) is 59.5 Å². The third kappa shape index (κ3) is 14.5. The van der Waals surface area contributed by atoms with Crippen molar-refractivity contribution in [3.8, 4) is 33.8 Å². The van der Waals surface area contributed by atoms with Crippen LogP contribution in [0, 0.1) is 11.6 Å². The average molecular weight is 1120 g/mol. The number of carbonyl (C=O) groups is 4. The fraction of sp³-hybridized carbons (Fsp3) is 0.344. The third-order valence-corrected chi connectivity index (χ3v) is 14.4. The van der Waals surface area contributed by atoms with E-state index in [-0.39, 0.29) is 42.7 Å². The number of benzene rings is 6. The molecule has 0 bridgehead atoms. The lowest BCUT2D eigenvalue weighted by Gasteiger charge is -2.28. The molecule has 0 aliphatic carbocycles. The number of aliphatic hydroxyl groups excluding tert-OH is 2. The normalized spacial score (nSPS) is 19.2. The highest BCUT2D eigenvalue weighted by molar-refractivity contribution is 6.31. The highest BCUT2D eigenvalue weighted by Crippen LogP contribution is 2.39. The largest absolute Gasteiger partial charge is 0.493 e. The predicted octanol–water partition coefficient (Wildman–Crippen LogP) is 10.3. The summed E-state index contributed by atoms with van der Waals surface area (Å²) in [5, 5.41) is 27.6. The molecule has 6 aromatic carbocycles. The molecule has 416 valence electrons. The molecule has 0 radical (unpaired) electrons. The van der Waals surface area contributed by atoms with E-state index in [1.165, 1.54) is 29.2 Å². The second-order valence-electron chi connectivity index (χ2n) is 19.8. The molecule has 3 saturated heterocycles. The van der Waals surface area contributed by atoms with Crippen molar-refractivity contribution < 1.29 is 57.1 Å². The minimum Gasteiger partial charge on any atom is -0.493 e. The van der Waals surface area contributed by atoms with Crippen molar-refractivity contribution in [1.82, 2.24) is 20.4 Å². The van der Waals surface area contributed by atoms with Gasteiger partial charge >= 0.3 is 0 Å². The summed E-state index contributed by atoms with van der Waals surface area (Å²) < 4.78 is 50.4. The van der Waals surface area contributed by atoms with Crippen LogP contribution in [0.15, 0.2) is 133 Å². The van der Waals surface area contributed by atoms with Crippen molar-refractivity contribution in [2.24, 2.45) is 0 Å². The molecule has 0 aromatic heterocycles. The molecule has 4 N–H and O–H groups in total. The Bertz CT molecular complexity index is 3110. The van der Waals surface area contributed by atoms with Crippen molar-refractivity contribution >= 4 is 46.8 Å². The lowest BCUT2D eigenvalue weighted by Crippen LogP contribution is -2.50. The number of halogens is 4. The second-order valence-corrected chi connectivity index (χ2v) is 20.7. The highest BCUT2D eigenvalue weighted by Gasteiger charge is 2.51. The first-order chi connectivity index (χ1) is 37.9. The lowest BCUT2D eigenvalue weighted by atomic mass is 10.0. The van der Waals surface area contributed by atoms with Crippen LogP contribution in [0.3, 0.4) is 0 Å². The Morgan fingerprint density at radius 2 is 1.10 bits per heavy atom. The molecule has 14 nitrogen and oxygen atoms in total. The smallest absolute Gasteiger partial charge is 0.255 e. The van der Waals surface area contributed by atoms with Gasteiger partial charge in [0.05, 0.1) is 25.3 Å². The summed E-state index contributed by atoms with van der Waals surface area (Å²) in [6.07, 6.45) is -2.90. The summed E-state index contributed by atoms with van der Waals surface area (Å²) in [7, 11) is 0. The van der Waals surface area contributed by atoms with Gasteiger partial charge < -0.3 is 49.6 Å². The molecule has 79 heavy (non-hydrogen) atoms. The summed E-state index contributed by atoms with van der Waals surface area (Å²) in [5.74, 6) is -3.19. The van der Waals surface area contributed by atoms with Crippen molar-refractivity contribution in [2.75, 3.05) is 26.3 Å². The Balaban J connectivity index is 0.000000209. The first-order valence-corrected chi connectivity index (χ1v) is 27.1. The third-order valence-electron chi connectivity index (χ3n) is 13.9. The Labute approximate surface area is 468 Å². The molecule has 6 aromatic rings. The zero-order valence-electron chi connectivity index (χ0n) is 44.3. The molecule has 18 heteroatoms. The standard InChI is InChI=1S/C32H34ClFN2O5.C29H30ClFN2O5/c1-4-39-27-18-24(34)14-15-25(27)21-12-10-20(11-13-21)19-35-30(37)28-29(41-32(2,3)40-28)31(38)36-16-6-9-26(36)22-7-5-8-23(33)17-22;1-2-38-25-16-22(31)12-13-23(25)19-10-8-18(9-11-19)17-32-28(36)26(34)27(35)29(37)33-14-4-7-24(33)20-5-3-6-21(30)15-20/h5,7-8,10-15,17-18,26,28-29H,4,6,9,16,19H2,1-3H3,(H,35,37);3,5-6,8-13,15-16,24,26-27,34-35H,2,4,7,14,17H2,1H3,(H,32,36)/t26-,28-,29-;24-,26-,27-/m11/s1. The van der Waals surface area contributed by atoms with Crippen LogP contribution in [0.25, 0.3) is 22.3 Å². The number of hydrogen-bond donors (Lipinski definition) is 4. The molecule has 4 amide bonds. The van der Waals surface area contributed by atoms with Crippen LogP contribution in [0.5, 0.6) is 11.5 Å². The molecule has 0 unspecified atom stereocenters. The molecule has 0 saturated carbocycles. The van der Waals surface area contributed by atoms with E-state index in [1.807, 2.05) is 74.5 Å².